The summed E-state index contributed by atoms with van der Waals surface area (Å²) in [6.45, 7) is 1.90. The van der Waals surface area contributed by atoms with E-state index >= 15 is 0 Å². The van der Waals surface area contributed by atoms with Gasteiger partial charge < -0.3 is 9.52 Å². The van der Waals surface area contributed by atoms with Crippen molar-refractivity contribution in [2.24, 2.45) is 5.92 Å². The van der Waals surface area contributed by atoms with Crippen molar-refractivity contribution in [2.45, 2.75) is 32.3 Å². The van der Waals surface area contributed by atoms with Crippen LogP contribution in [0.3, 0.4) is 0 Å². The normalized spacial score (nSPS) is 19.5. The maximum Gasteiger partial charge on any atom is 0.101 e. The van der Waals surface area contributed by atoms with Gasteiger partial charge in [-0.3, -0.25) is 0 Å². The highest BCUT2D eigenvalue weighted by Crippen LogP contribution is 2.37. The molecule has 1 aliphatic carbocycles. The largest absolute Gasteiger partial charge is 0.469 e. The third kappa shape index (κ3) is 1.69. The Balaban J connectivity index is 1.97. The van der Waals surface area contributed by atoms with Crippen LogP contribution in [0.5, 0.6) is 0 Å². The van der Waals surface area contributed by atoms with E-state index in [2.05, 4.69) is 0 Å². The molecule has 0 spiro atoms. The lowest BCUT2D eigenvalue weighted by Gasteiger charge is -2.05. The number of furan rings is 1. The first-order valence-corrected chi connectivity index (χ1v) is 4.49. The summed E-state index contributed by atoms with van der Waals surface area (Å²) in [6, 6.07) is 1.91. The fourth-order valence-electron chi connectivity index (χ4n) is 1.44. The molecule has 0 aromatic carbocycles. The van der Waals surface area contributed by atoms with Gasteiger partial charge in [-0.2, -0.15) is 0 Å². The van der Waals surface area contributed by atoms with Gasteiger partial charge in [-0.1, -0.05) is 12.8 Å². The third-order valence-electron chi connectivity index (χ3n) is 2.39. The summed E-state index contributed by atoms with van der Waals surface area (Å²) in [5.41, 5.74) is 0.930. The number of hydrogen-bond acceptors (Lipinski definition) is 2. The summed E-state index contributed by atoms with van der Waals surface area (Å²) in [7, 11) is 0. The molecule has 1 unspecified atom stereocenters. The minimum atomic E-state index is -0.310. The fraction of sp³-hybridized carbons (Fsp3) is 0.600. The summed E-state index contributed by atoms with van der Waals surface area (Å²) in [4.78, 5) is 0. The van der Waals surface area contributed by atoms with Gasteiger partial charge in [0.05, 0.1) is 12.4 Å². The molecule has 0 aliphatic heterocycles. The predicted octanol–water partition coefficient (Wildman–Crippen LogP) is 2.42. The zero-order chi connectivity index (χ0) is 8.55. The molecule has 1 aliphatic rings. The Kier molecular flexibility index (Phi) is 1.93. The van der Waals surface area contributed by atoms with E-state index in [1.165, 1.54) is 12.8 Å². The number of aliphatic hydroxyl groups is 1. The smallest absolute Gasteiger partial charge is 0.101 e. The Morgan fingerprint density at radius 3 is 2.92 bits per heavy atom. The molecule has 2 rings (SSSR count). The van der Waals surface area contributed by atoms with Gasteiger partial charge in [0.2, 0.25) is 0 Å². The Morgan fingerprint density at radius 1 is 1.67 bits per heavy atom. The zero-order valence-corrected chi connectivity index (χ0v) is 7.29. The molecule has 1 heterocycles. The standard InChI is InChI=1S/C10H14O2/c1-7-4-9(6-12-7)10(11)5-8-2-3-8/h4,6,8,10-11H,2-3,5H2,1H3. The van der Waals surface area contributed by atoms with Gasteiger partial charge in [-0.05, 0) is 25.3 Å². The van der Waals surface area contributed by atoms with Gasteiger partial charge in [0.15, 0.2) is 0 Å². The van der Waals surface area contributed by atoms with Gasteiger partial charge in [0.25, 0.3) is 0 Å². The average Bonchev–Trinajstić information content (AvgIpc) is 2.72. The van der Waals surface area contributed by atoms with Crippen LogP contribution < -0.4 is 0 Å². The van der Waals surface area contributed by atoms with Gasteiger partial charge in [0, 0.05) is 5.56 Å². The van der Waals surface area contributed by atoms with E-state index in [0.717, 1.165) is 23.7 Å². The quantitative estimate of drug-likeness (QED) is 0.748. The molecule has 2 heteroatoms. The number of aryl methyl sites for hydroxylation is 1. The van der Waals surface area contributed by atoms with Gasteiger partial charge in [-0.25, -0.2) is 0 Å². The van der Waals surface area contributed by atoms with Crippen LogP contribution in [0.25, 0.3) is 0 Å². The molecule has 12 heavy (non-hydrogen) atoms. The van der Waals surface area contributed by atoms with Crippen LogP contribution in [0.2, 0.25) is 0 Å². The molecular formula is C10H14O2. The van der Waals surface area contributed by atoms with E-state index in [9.17, 15) is 5.11 Å². The van der Waals surface area contributed by atoms with Crippen LogP contribution in [0.1, 0.15) is 36.7 Å². The lowest BCUT2D eigenvalue weighted by atomic mass is 10.1. The first kappa shape index (κ1) is 7.87. The SMILES string of the molecule is Cc1cc(C(O)CC2CC2)co1. The van der Waals surface area contributed by atoms with Gasteiger partial charge in [0.1, 0.15) is 5.76 Å². The monoisotopic (exact) mass is 166 g/mol. The Labute approximate surface area is 72.2 Å². The molecule has 1 fully saturated rings. The summed E-state index contributed by atoms with van der Waals surface area (Å²) in [5.74, 6) is 1.63. The van der Waals surface area contributed by atoms with Crippen molar-refractivity contribution in [3.63, 3.8) is 0 Å². The molecule has 1 atom stereocenters. The van der Waals surface area contributed by atoms with Crippen LogP contribution in [0.15, 0.2) is 16.7 Å². The van der Waals surface area contributed by atoms with Crippen LogP contribution in [0.4, 0.5) is 0 Å². The van der Waals surface area contributed by atoms with E-state index in [1.807, 2.05) is 13.0 Å². The van der Waals surface area contributed by atoms with Crippen LogP contribution in [-0.2, 0) is 0 Å². The second kappa shape index (κ2) is 2.94. The Morgan fingerprint density at radius 2 is 2.42 bits per heavy atom. The maximum atomic E-state index is 9.68. The van der Waals surface area contributed by atoms with Crippen molar-refractivity contribution in [3.8, 4) is 0 Å². The number of aliphatic hydroxyl groups excluding tert-OH is 1. The summed E-state index contributed by atoms with van der Waals surface area (Å²) < 4.78 is 5.13. The molecule has 0 saturated heterocycles. The molecule has 0 radical (unpaired) electrons. The van der Waals surface area contributed by atoms with Crippen LogP contribution >= 0.6 is 0 Å². The first-order valence-electron chi connectivity index (χ1n) is 4.49. The Bertz CT molecular complexity index is 261. The third-order valence-corrected chi connectivity index (χ3v) is 2.39. The van der Waals surface area contributed by atoms with Crippen molar-refractivity contribution in [1.82, 2.24) is 0 Å². The lowest BCUT2D eigenvalue weighted by molar-refractivity contribution is 0.159. The minimum Gasteiger partial charge on any atom is -0.469 e. The van der Waals surface area contributed by atoms with E-state index in [-0.39, 0.29) is 6.10 Å². The zero-order valence-electron chi connectivity index (χ0n) is 7.29. The van der Waals surface area contributed by atoms with E-state index in [4.69, 9.17) is 4.42 Å². The highest BCUT2D eigenvalue weighted by molar-refractivity contribution is 5.14. The molecule has 66 valence electrons. The molecular weight excluding hydrogens is 152 g/mol. The van der Waals surface area contributed by atoms with E-state index < -0.39 is 0 Å². The molecule has 0 bridgehead atoms. The van der Waals surface area contributed by atoms with E-state index in [0.29, 0.717) is 0 Å². The van der Waals surface area contributed by atoms with Crippen molar-refractivity contribution in [3.05, 3.63) is 23.7 Å². The topological polar surface area (TPSA) is 33.4 Å². The van der Waals surface area contributed by atoms with Crippen molar-refractivity contribution in [1.29, 1.82) is 0 Å². The number of hydrogen-bond donors (Lipinski definition) is 1. The predicted molar refractivity (Wildman–Crippen MR) is 45.7 cm³/mol. The lowest BCUT2D eigenvalue weighted by Crippen LogP contribution is -1.96. The summed E-state index contributed by atoms with van der Waals surface area (Å²) >= 11 is 0. The highest BCUT2D eigenvalue weighted by Gasteiger charge is 2.25. The Hall–Kier alpha value is -0.760. The van der Waals surface area contributed by atoms with Crippen molar-refractivity contribution in [2.75, 3.05) is 0 Å². The van der Waals surface area contributed by atoms with Crippen LogP contribution in [0, 0.1) is 12.8 Å². The van der Waals surface area contributed by atoms with Crippen molar-refractivity contribution >= 4 is 0 Å². The minimum absolute atomic E-state index is 0.310. The van der Waals surface area contributed by atoms with Gasteiger partial charge in [-0.15, -0.1) is 0 Å². The molecule has 1 aromatic rings. The molecule has 1 aromatic heterocycles. The van der Waals surface area contributed by atoms with Crippen LogP contribution in [-0.4, -0.2) is 5.11 Å². The molecule has 0 amide bonds. The molecule has 2 nitrogen and oxygen atoms in total. The highest BCUT2D eigenvalue weighted by atomic mass is 16.3. The fourth-order valence-corrected chi connectivity index (χ4v) is 1.44. The van der Waals surface area contributed by atoms with E-state index in [1.54, 1.807) is 6.26 Å². The summed E-state index contributed by atoms with van der Waals surface area (Å²) in [5, 5.41) is 9.68. The summed E-state index contributed by atoms with van der Waals surface area (Å²) in [6.07, 6.45) is 4.82. The first-order chi connectivity index (χ1) is 5.75. The second-order valence-corrected chi connectivity index (χ2v) is 3.69. The maximum absolute atomic E-state index is 9.68. The second-order valence-electron chi connectivity index (χ2n) is 3.69. The van der Waals surface area contributed by atoms with Gasteiger partial charge >= 0.3 is 0 Å². The van der Waals surface area contributed by atoms with Crippen molar-refractivity contribution < 1.29 is 9.52 Å². The molecule has 1 N–H and O–H groups in total. The molecule has 1 saturated carbocycles. The average molecular weight is 166 g/mol. The number of rotatable bonds is 3.